The van der Waals surface area contributed by atoms with Crippen molar-refractivity contribution in [2.45, 2.75) is 71.6 Å². The Morgan fingerprint density at radius 2 is 0.709 bits per heavy atom. The smallest absolute Gasteiger partial charge is 0.0547 e. The van der Waals surface area contributed by atoms with Gasteiger partial charge in [-0.2, -0.15) is 0 Å². The maximum Gasteiger partial charge on any atom is 0.0547 e. The first-order valence-corrected chi connectivity index (χ1v) is 39.3. The Hall–Kier alpha value is -11.9. The Balaban J connectivity index is 0.000000128. The van der Waals surface area contributed by atoms with Crippen LogP contribution in [-0.2, 0) is 10.8 Å². The number of hydrogen-bond donors (Lipinski definition) is 1. The molecule has 0 radical (unpaired) electrons. The van der Waals surface area contributed by atoms with Gasteiger partial charge < -0.3 is 19.4 Å². The van der Waals surface area contributed by atoms with Crippen molar-refractivity contribution in [1.29, 1.82) is 0 Å². The van der Waals surface area contributed by atoms with Gasteiger partial charge >= 0.3 is 0 Å². The summed E-state index contributed by atoms with van der Waals surface area (Å²) in [6.45, 7) is 13.7. The van der Waals surface area contributed by atoms with E-state index >= 15 is 0 Å². The van der Waals surface area contributed by atoms with Crippen molar-refractivity contribution in [3.63, 3.8) is 0 Å². The summed E-state index contributed by atoms with van der Waals surface area (Å²) in [5.74, 6) is 0. The monoisotopic (exact) mass is 1480 g/mol. The molecule has 0 atom stereocenters. The predicted octanol–water partition coefficient (Wildman–Crippen LogP) is 30.9. The standard InChI is InChI=1S/C49H35ClN2.C28H17Cl2N.C21H19N.C5H12/c1-49(2)44-20-12-11-19-41(44)42-24-23-38(31-45(42)49)51(36-14-5-3-6-15-36)39-28-34(27-35(50)30-39)33-22-25-46-43(29-33)48-40-18-10-9-13-32(40)21-26-47(48)52(46)37-16-7-4-8-17-37;29-21-14-20(15-22(30)17-21)19-11-12-26-25(16-19)28-24-9-5-4-6-18(24)10-13-27(28)31(26)23-7-2-1-3-8-23;1-21(2)19-11-7-6-10-17(19)18-13-12-16(14-20(18)21)22-15-8-4-3-5-9-15;1-3-5-4-2/h3-31H,1-2H3;1-17H;3-14,22H,1-2H3;3-5H2,1-2H3. The molecule has 0 amide bonds. The van der Waals surface area contributed by atoms with Gasteiger partial charge in [-0.25, -0.2) is 0 Å². The predicted molar refractivity (Wildman–Crippen MR) is 474 cm³/mol. The number of nitrogens with one attached hydrogen (secondary N) is 1. The lowest BCUT2D eigenvalue weighted by atomic mass is 9.82. The second-order valence-electron chi connectivity index (χ2n) is 29.9. The Morgan fingerprint density at radius 1 is 0.291 bits per heavy atom. The fourth-order valence-electron chi connectivity index (χ4n) is 16.9. The van der Waals surface area contributed by atoms with E-state index < -0.39 is 0 Å². The van der Waals surface area contributed by atoms with E-state index in [0.717, 1.165) is 62.1 Å². The molecule has 7 heteroatoms. The van der Waals surface area contributed by atoms with Crippen LogP contribution in [0.25, 0.3) is 121 Å². The number of rotatable bonds is 11. The Bertz CT molecular complexity index is 6450. The highest BCUT2D eigenvalue weighted by Crippen LogP contribution is 2.53. The summed E-state index contributed by atoms with van der Waals surface area (Å²) in [6.07, 6.45) is 4.08. The second kappa shape index (κ2) is 29.9. The topological polar surface area (TPSA) is 25.1 Å². The van der Waals surface area contributed by atoms with Crippen LogP contribution in [0.15, 0.2) is 352 Å². The van der Waals surface area contributed by atoms with Gasteiger partial charge in [0.1, 0.15) is 0 Å². The molecule has 110 heavy (non-hydrogen) atoms. The first-order valence-electron chi connectivity index (χ1n) is 38.2. The molecular weight excluding hydrogens is 1400 g/mol. The van der Waals surface area contributed by atoms with Gasteiger partial charge in [0.15, 0.2) is 0 Å². The van der Waals surface area contributed by atoms with Crippen molar-refractivity contribution in [1.82, 2.24) is 9.13 Å². The van der Waals surface area contributed by atoms with Crippen LogP contribution in [0.5, 0.6) is 0 Å². The highest BCUT2D eigenvalue weighted by Gasteiger charge is 2.37. The normalized spacial score (nSPS) is 12.7. The minimum atomic E-state index is -0.109. The van der Waals surface area contributed by atoms with Crippen LogP contribution in [-0.4, -0.2) is 9.13 Å². The first kappa shape index (κ1) is 71.1. The summed E-state index contributed by atoms with van der Waals surface area (Å²) < 4.78 is 4.72. The second-order valence-corrected chi connectivity index (χ2v) is 31.2. The summed E-state index contributed by atoms with van der Waals surface area (Å²) in [6, 6.07) is 125. The average Bonchev–Trinajstić information content (AvgIpc) is 1.59. The third kappa shape index (κ3) is 13.3. The van der Waals surface area contributed by atoms with Gasteiger partial charge in [0, 0.05) is 87.3 Å². The minimum Gasteiger partial charge on any atom is -0.356 e. The Kier molecular flexibility index (Phi) is 19.3. The summed E-state index contributed by atoms with van der Waals surface area (Å²) in [7, 11) is 0. The van der Waals surface area contributed by atoms with Gasteiger partial charge in [0.05, 0.1) is 22.1 Å². The van der Waals surface area contributed by atoms with Crippen LogP contribution >= 0.6 is 34.8 Å². The molecule has 536 valence electrons. The van der Waals surface area contributed by atoms with Crippen molar-refractivity contribution >= 4 is 128 Å². The van der Waals surface area contributed by atoms with E-state index in [9.17, 15) is 0 Å². The minimum absolute atomic E-state index is 0.0559. The molecular formula is C103H83Cl3N4. The fraction of sp³-hybridized carbons (Fsp3) is 0.107. The number of halogens is 3. The number of benzene rings is 16. The molecule has 2 aliphatic rings. The molecule has 1 N–H and O–H groups in total. The SMILES string of the molecule is CC1(C)c2ccccc2-c2ccc(N(c3ccccc3)c3cc(Cl)cc(-c4ccc5c(c4)c4c6ccccc6ccc4n5-c4ccccc4)c3)cc21.CC1(C)c2ccccc2-c2ccc(Nc3ccccc3)cc21.CCCCC.Clc1cc(Cl)cc(-c2ccc3c(c2)c2c4ccccc4ccc2n3-c2ccccc2)c1. The third-order valence-electron chi connectivity index (χ3n) is 22.2. The maximum absolute atomic E-state index is 7.06. The lowest BCUT2D eigenvalue weighted by Gasteiger charge is -2.28. The highest BCUT2D eigenvalue weighted by atomic mass is 35.5. The zero-order valence-corrected chi connectivity index (χ0v) is 64.9. The van der Waals surface area contributed by atoms with Crippen molar-refractivity contribution in [3.05, 3.63) is 389 Å². The number of aromatic nitrogens is 2. The van der Waals surface area contributed by atoms with Crippen molar-refractivity contribution < 1.29 is 0 Å². The number of hydrogen-bond acceptors (Lipinski definition) is 2. The third-order valence-corrected chi connectivity index (χ3v) is 22.9. The maximum atomic E-state index is 7.06. The van der Waals surface area contributed by atoms with Gasteiger partial charge in [-0.3, -0.25) is 0 Å². The molecule has 0 saturated carbocycles. The zero-order chi connectivity index (χ0) is 75.2. The van der Waals surface area contributed by atoms with Gasteiger partial charge in [0.25, 0.3) is 0 Å². The van der Waals surface area contributed by atoms with Crippen LogP contribution in [0.3, 0.4) is 0 Å². The summed E-state index contributed by atoms with van der Waals surface area (Å²) >= 11 is 19.6. The fourth-order valence-corrected chi connectivity index (χ4v) is 17.7. The number of fused-ring (bicyclic) bond motifs is 16. The van der Waals surface area contributed by atoms with E-state index in [2.05, 4.69) is 382 Å². The summed E-state index contributed by atoms with van der Waals surface area (Å²) in [4.78, 5) is 2.34. The van der Waals surface area contributed by atoms with Gasteiger partial charge in [-0.1, -0.05) is 302 Å². The molecule has 0 spiro atoms. The summed E-state index contributed by atoms with van der Waals surface area (Å²) in [5.41, 5.74) is 27.6. The van der Waals surface area contributed by atoms with Gasteiger partial charge in [-0.15, -0.1) is 0 Å². The number of para-hydroxylation sites is 4. The van der Waals surface area contributed by atoms with Crippen LogP contribution in [0.2, 0.25) is 15.1 Å². The molecule has 2 aromatic heterocycles. The van der Waals surface area contributed by atoms with E-state index in [4.69, 9.17) is 34.8 Å². The van der Waals surface area contributed by atoms with Crippen LogP contribution in [0.4, 0.5) is 28.4 Å². The van der Waals surface area contributed by atoms with Crippen molar-refractivity contribution in [2.24, 2.45) is 0 Å². The van der Waals surface area contributed by atoms with Crippen LogP contribution < -0.4 is 10.2 Å². The lowest BCUT2D eigenvalue weighted by molar-refractivity contribution is 0.660. The van der Waals surface area contributed by atoms with Crippen LogP contribution in [0, 0.1) is 0 Å². The van der Waals surface area contributed by atoms with E-state index in [1.165, 1.54) is 129 Å². The molecule has 0 aliphatic heterocycles. The van der Waals surface area contributed by atoms with E-state index in [0.29, 0.717) is 15.1 Å². The first-order chi connectivity index (χ1) is 53.7. The molecule has 0 saturated heterocycles. The molecule has 4 nitrogen and oxygen atoms in total. The Labute approximate surface area is 659 Å². The van der Waals surface area contributed by atoms with Crippen molar-refractivity contribution in [2.75, 3.05) is 10.2 Å². The van der Waals surface area contributed by atoms with Crippen molar-refractivity contribution in [3.8, 4) is 55.9 Å². The quantitative estimate of drug-likeness (QED) is 0.140. The molecule has 16 aromatic carbocycles. The molecule has 0 fully saturated rings. The molecule has 2 aliphatic carbocycles. The van der Waals surface area contributed by atoms with Gasteiger partial charge in [0.2, 0.25) is 0 Å². The van der Waals surface area contributed by atoms with Crippen LogP contribution in [0.1, 0.15) is 83.1 Å². The molecule has 0 unspecified atom stereocenters. The molecule has 20 rings (SSSR count). The molecule has 18 aromatic rings. The number of unbranched alkanes of at least 4 members (excludes halogenated alkanes) is 2. The Morgan fingerprint density at radius 3 is 1.22 bits per heavy atom. The van der Waals surface area contributed by atoms with E-state index in [1.54, 1.807) is 6.07 Å². The highest BCUT2D eigenvalue weighted by molar-refractivity contribution is 6.35. The van der Waals surface area contributed by atoms with E-state index in [1.807, 2.05) is 24.3 Å². The number of nitrogens with zero attached hydrogens (tertiary/aromatic N) is 3. The zero-order valence-electron chi connectivity index (χ0n) is 62.6. The lowest BCUT2D eigenvalue weighted by Crippen LogP contribution is -2.16. The average molecular weight is 1480 g/mol. The summed E-state index contributed by atoms with van der Waals surface area (Å²) in [5, 5.41) is 15.4. The van der Waals surface area contributed by atoms with E-state index in [-0.39, 0.29) is 10.8 Å². The van der Waals surface area contributed by atoms with Gasteiger partial charge in [-0.05, 0) is 234 Å². The molecule has 0 bridgehead atoms. The number of anilines is 5. The largest absolute Gasteiger partial charge is 0.356 e. The molecule has 2 heterocycles.